The topological polar surface area (TPSA) is 34.1 Å². The minimum Gasteiger partial charge on any atom is -0.224 e. The maximum atomic E-state index is 11.2. The maximum Gasteiger partial charge on any atom is 0.175 e. The Kier molecular flexibility index (Phi) is 2.97. The van der Waals surface area contributed by atoms with E-state index in [2.05, 4.69) is 12.6 Å². The Morgan fingerprint density at radius 2 is 1.57 bits per heavy atom. The van der Waals surface area contributed by atoms with E-state index in [1.165, 1.54) is 6.26 Å². The van der Waals surface area contributed by atoms with Crippen molar-refractivity contribution in [1.29, 1.82) is 0 Å². The lowest BCUT2D eigenvalue weighted by atomic mass is 10.0. The Morgan fingerprint density at radius 1 is 1.14 bits per heavy atom. The first-order chi connectivity index (χ1) is 6.21. The van der Waals surface area contributed by atoms with Gasteiger partial charge in [0.15, 0.2) is 9.84 Å². The van der Waals surface area contributed by atoms with Gasteiger partial charge in [-0.1, -0.05) is 12.1 Å². The Morgan fingerprint density at radius 3 is 1.86 bits per heavy atom. The van der Waals surface area contributed by atoms with Crippen LogP contribution >= 0.6 is 12.6 Å². The zero-order chi connectivity index (χ0) is 11.0. The molecule has 0 bridgehead atoms. The quantitative estimate of drug-likeness (QED) is 0.791. The summed E-state index contributed by atoms with van der Waals surface area (Å²) < 4.78 is 22.1. The van der Waals surface area contributed by atoms with E-state index in [-0.39, 0.29) is 4.75 Å². The second kappa shape index (κ2) is 3.59. The molecule has 0 fully saturated rings. The van der Waals surface area contributed by atoms with Gasteiger partial charge in [-0.25, -0.2) is 8.42 Å². The SMILES string of the molecule is CC(C)(S)c1ccc(S(C)(=O)=O)cc1. The Hall–Kier alpha value is -0.480. The van der Waals surface area contributed by atoms with E-state index < -0.39 is 9.84 Å². The van der Waals surface area contributed by atoms with Crippen molar-refractivity contribution in [2.45, 2.75) is 23.5 Å². The molecule has 14 heavy (non-hydrogen) atoms. The first kappa shape index (κ1) is 11.6. The number of benzene rings is 1. The summed E-state index contributed by atoms with van der Waals surface area (Å²) in [5.74, 6) is 0. The van der Waals surface area contributed by atoms with Crippen LogP contribution in [0.15, 0.2) is 29.2 Å². The predicted molar refractivity (Wildman–Crippen MR) is 61.6 cm³/mol. The minimum absolute atomic E-state index is 0.240. The van der Waals surface area contributed by atoms with E-state index in [9.17, 15) is 8.42 Å². The molecule has 2 nitrogen and oxygen atoms in total. The average molecular weight is 230 g/mol. The summed E-state index contributed by atoms with van der Waals surface area (Å²) in [7, 11) is -3.09. The lowest BCUT2D eigenvalue weighted by molar-refractivity contribution is 0.601. The molecule has 0 aliphatic rings. The normalized spacial score (nSPS) is 12.9. The third kappa shape index (κ3) is 2.75. The number of rotatable bonds is 2. The van der Waals surface area contributed by atoms with Gasteiger partial charge in [-0.05, 0) is 31.5 Å². The van der Waals surface area contributed by atoms with Gasteiger partial charge in [0.1, 0.15) is 0 Å². The molecule has 0 heterocycles. The summed E-state index contributed by atoms with van der Waals surface area (Å²) in [5.41, 5.74) is 1.01. The molecule has 1 rings (SSSR count). The molecule has 0 radical (unpaired) electrons. The van der Waals surface area contributed by atoms with Crippen LogP contribution in [0.1, 0.15) is 19.4 Å². The third-order valence-electron chi connectivity index (χ3n) is 1.99. The predicted octanol–water partition coefficient (Wildman–Crippen LogP) is 2.25. The number of sulfone groups is 1. The maximum absolute atomic E-state index is 11.2. The van der Waals surface area contributed by atoms with E-state index in [4.69, 9.17) is 0 Å². The van der Waals surface area contributed by atoms with Crippen molar-refractivity contribution >= 4 is 22.5 Å². The van der Waals surface area contributed by atoms with Crippen LogP contribution in [0.4, 0.5) is 0 Å². The molecule has 0 spiro atoms. The highest BCUT2D eigenvalue weighted by atomic mass is 32.2. The summed E-state index contributed by atoms with van der Waals surface area (Å²) in [6.45, 7) is 3.93. The van der Waals surface area contributed by atoms with Crippen molar-refractivity contribution in [3.05, 3.63) is 29.8 Å². The molecule has 78 valence electrons. The molecule has 0 unspecified atom stereocenters. The van der Waals surface area contributed by atoms with Crippen LogP contribution in [0.5, 0.6) is 0 Å². The van der Waals surface area contributed by atoms with Crippen molar-refractivity contribution in [3.8, 4) is 0 Å². The third-order valence-corrected chi connectivity index (χ3v) is 3.38. The minimum atomic E-state index is -3.09. The van der Waals surface area contributed by atoms with Crippen LogP contribution in [0.2, 0.25) is 0 Å². The van der Waals surface area contributed by atoms with E-state index >= 15 is 0 Å². The molecule has 1 aromatic carbocycles. The van der Waals surface area contributed by atoms with Gasteiger partial charge in [0, 0.05) is 11.0 Å². The molecule has 1 aromatic rings. The highest BCUT2D eigenvalue weighted by molar-refractivity contribution is 7.90. The molecule has 0 aliphatic heterocycles. The van der Waals surface area contributed by atoms with E-state index in [0.29, 0.717) is 4.90 Å². The highest BCUT2D eigenvalue weighted by Gasteiger charge is 2.15. The molecule has 0 atom stereocenters. The molecule has 4 heteroatoms. The van der Waals surface area contributed by atoms with Gasteiger partial charge in [-0.2, -0.15) is 12.6 Å². The number of thiol groups is 1. The van der Waals surface area contributed by atoms with Crippen LogP contribution in [-0.2, 0) is 14.6 Å². The Bertz CT molecular complexity index is 410. The summed E-state index contributed by atoms with van der Waals surface area (Å²) in [6, 6.07) is 6.82. The number of hydrogen-bond acceptors (Lipinski definition) is 3. The molecule has 0 N–H and O–H groups in total. The fourth-order valence-electron chi connectivity index (χ4n) is 1.11. The van der Waals surface area contributed by atoms with Crippen LogP contribution in [-0.4, -0.2) is 14.7 Å². The molecule has 0 saturated carbocycles. The molecule has 0 aromatic heterocycles. The van der Waals surface area contributed by atoms with Crippen molar-refractivity contribution in [2.24, 2.45) is 0 Å². The summed E-state index contributed by atoms with van der Waals surface area (Å²) in [6.07, 6.45) is 1.20. The highest BCUT2D eigenvalue weighted by Crippen LogP contribution is 2.27. The van der Waals surface area contributed by atoms with Gasteiger partial charge in [0.05, 0.1) is 4.90 Å². The lowest BCUT2D eigenvalue weighted by Crippen LogP contribution is -2.07. The molecular formula is C10H14O2S2. The number of hydrogen-bond donors (Lipinski definition) is 1. The van der Waals surface area contributed by atoms with E-state index in [1.54, 1.807) is 24.3 Å². The second-order valence-electron chi connectivity index (χ2n) is 3.86. The van der Waals surface area contributed by atoms with Gasteiger partial charge in [0.2, 0.25) is 0 Å². The zero-order valence-corrected chi connectivity index (χ0v) is 10.2. The lowest BCUT2D eigenvalue weighted by Gasteiger charge is -2.17. The summed E-state index contributed by atoms with van der Waals surface area (Å²) in [5, 5.41) is 0. The zero-order valence-electron chi connectivity index (χ0n) is 8.48. The van der Waals surface area contributed by atoms with Crippen molar-refractivity contribution in [1.82, 2.24) is 0 Å². The molecule has 0 amide bonds. The Balaban J connectivity index is 3.14. The van der Waals surface area contributed by atoms with Gasteiger partial charge in [-0.15, -0.1) is 0 Å². The molecule has 0 saturated heterocycles. The fraction of sp³-hybridized carbons (Fsp3) is 0.400. The van der Waals surface area contributed by atoms with Gasteiger partial charge in [0.25, 0.3) is 0 Å². The fourth-order valence-corrected chi connectivity index (χ4v) is 1.89. The summed E-state index contributed by atoms with van der Waals surface area (Å²) in [4.78, 5) is 0.346. The first-order valence-corrected chi connectivity index (χ1v) is 6.58. The van der Waals surface area contributed by atoms with Gasteiger partial charge >= 0.3 is 0 Å². The first-order valence-electron chi connectivity index (χ1n) is 4.24. The van der Waals surface area contributed by atoms with E-state index in [0.717, 1.165) is 5.56 Å². The van der Waals surface area contributed by atoms with Crippen molar-refractivity contribution in [2.75, 3.05) is 6.26 Å². The largest absolute Gasteiger partial charge is 0.224 e. The van der Waals surface area contributed by atoms with Gasteiger partial charge < -0.3 is 0 Å². The van der Waals surface area contributed by atoms with E-state index in [1.807, 2.05) is 13.8 Å². The smallest absolute Gasteiger partial charge is 0.175 e. The monoisotopic (exact) mass is 230 g/mol. The van der Waals surface area contributed by atoms with Crippen LogP contribution in [0, 0.1) is 0 Å². The van der Waals surface area contributed by atoms with Crippen molar-refractivity contribution < 1.29 is 8.42 Å². The summed E-state index contributed by atoms with van der Waals surface area (Å²) >= 11 is 4.40. The standard InChI is InChI=1S/C10H14O2S2/c1-10(2,13)8-4-6-9(7-5-8)14(3,11)12/h4-7,13H,1-3H3. The Labute approximate surface area is 90.7 Å². The second-order valence-corrected chi connectivity index (χ2v) is 6.99. The molecule has 0 aliphatic carbocycles. The average Bonchev–Trinajstić information content (AvgIpc) is 2.01. The van der Waals surface area contributed by atoms with Crippen LogP contribution in [0.3, 0.4) is 0 Å². The van der Waals surface area contributed by atoms with Crippen molar-refractivity contribution in [3.63, 3.8) is 0 Å². The van der Waals surface area contributed by atoms with Gasteiger partial charge in [-0.3, -0.25) is 0 Å². The van der Waals surface area contributed by atoms with Crippen LogP contribution < -0.4 is 0 Å². The van der Waals surface area contributed by atoms with Crippen LogP contribution in [0.25, 0.3) is 0 Å². The molecular weight excluding hydrogens is 216 g/mol.